The molecule has 1 saturated heterocycles. The van der Waals surface area contributed by atoms with Gasteiger partial charge in [-0.2, -0.15) is 8.42 Å². The SMILES string of the molecule is CC(OS(N)(=O)=O)[C@H]1OC(C)(C)O[C@H]1c1ccccc1Cl. The van der Waals surface area contributed by atoms with Crippen molar-refractivity contribution >= 4 is 21.9 Å². The number of hydrogen-bond acceptors (Lipinski definition) is 5. The lowest BCUT2D eigenvalue weighted by atomic mass is 10.0. The van der Waals surface area contributed by atoms with Crippen LogP contribution in [0.1, 0.15) is 32.4 Å². The van der Waals surface area contributed by atoms with Crippen LogP contribution in [0, 0.1) is 0 Å². The van der Waals surface area contributed by atoms with E-state index in [1.807, 2.05) is 6.07 Å². The summed E-state index contributed by atoms with van der Waals surface area (Å²) in [4.78, 5) is 0. The molecule has 1 aliphatic heterocycles. The Labute approximate surface area is 129 Å². The highest BCUT2D eigenvalue weighted by Gasteiger charge is 2.46. The summed E-state index contributed by atoms with van der Waals surface area (Å²) >= 11 is 6.18. The number of benzene rings is 1. The number of halogens is 1. The molecule has 1 unspecified atom stereocenters. The van der Waals surface area contributed by atoms with Crippen LogP contribution in [0.2, 0.25) is 5.02 Å². The molecule has 1 fully saturated rings. The van der Waals surface area contributed by atoms with Crippen molar-refractivity contribution < 1.29 is 22.1 Å². The number of ether oxygens (including phenoxy) is 2. The maximum absolute atomic E-state index is 11.1. The van der Waals surface area contributed by atoms with Crippen molar-refractivity contribution in [3.8, 4) is 0 Å². The van der Waals surface area contributed by atoms with E-state index in [4.69, 9.17) is 30.4 Å². The van der Waals surface area contributed by atoms with Gasteiger partial charge in [-0.3, -0.25) is 4.18 Å². The molecule has 1 aliphatic rings. The number of rotatable bonds is 4. The predicted octanol–water partition coefficient (Wildman–Crippen LogP) is 2.14. The topological polar surface area (TPSA) is 87.9 Å². The van der Waals surface area contributed by atoms with Crippen molar-refractivity contribution in [2.24, 2.45) is 5.14 Å². The van der Waals surface area contributed by atoms with Gasteiger partial charge in [0, 0.05) is 10.6 Å². The lowest BCUT2D eigenvalue weighted by Crippen LogP contribution is -2.35. The Morgan fingerprint density at radius 2 is 1.95 bits per heavy atom. The van der Waals surface area contributed by atoms with E-state index in [1.165, 1.54) is 0 Å². The van der Waals surface area contributed by atoms with E-state index in [1.54, 1.807) is 39.0 Å². The van der Waals surface area contributed by atoms with Crippen LogP contribution < -0.4 is 5.14 Å². The molecule has 1 aromatic carbocycles. The quantitative estimate of drug-likeness (QED) is 0.910. The van der Waals surface area contributed by atoms with Gasteiger partial charge in [-0.15, -0.1) is 0 Å². The van der Waals surface area contributed by atoms with Crippen LogP contribution in [0.5, 0.6) is 0 Å². The van der Waals surface area contributed by atoms with Crippen LogP contribution in [0.25, 0.3) is 0 Å². The first-order chi connectivity index (χ1) is 9.59. The van der Waals surface area contributed by atoms with Crippen molar-refractivity contribution in [3.05, 3.63) is 34.9 Å². The minimum absolute atomic E-state index is 0.511. The van der Waals surface area contributed by atoms with Crippen molar-refractivity contribution in [2.75, 3.05) is 0 Å². The van der Waals surface area contributed by atoms with E-state index in [-0.39, 0.29) is 0 Å². The normalized spacial score (nSPS) is 26.7. The van der Waals surface area contributed by atoms with Gasteiger partial charge in [-0.05, 0) is 26.8 Å². The van der Waals surface area contributed by atoms with Crippen molar-refractivity contribution in [1.29, 1.82) is 0 Å². The van der Waals surface area contributed by atoms with Gasteiger partial charge >= 0.3 is 10.3 Å². The van der Waals surface area contributed by atoms with Crippen LogP contribution >= 0.6 is 11.6 Å². The highest BCUT2D eigenvalue weighted by atomic mass is 35.5. The van der Waals surface area contributed by atoms with Crippen LogP contribution in [0.3, 0.4) is 0 Å². The highest BCUT2D eigenvalue weighted by Crippen LogP contribution is 2.42. The van der Waals surface area contributed by atoms with Crippen molar-refractivity contribution in [3.63, 3.8) is 0 Å². The van der Waals surface area contributed by atoms with Gasteiger partial charge in [0.05, 0.1) is 0 Å². The molecule has 0 spiro atoms. The third-order valence-corrected chi connectivity index (χ3v) is 4.01. The van der Waals surface area contributed by atoms with E-state index < -0.39 is 34.4 Å². The van der Waals surface area contributed by atoms with Gasteiger partial charge in [0.15, 0.2) is 5.79 Å². The van der Waals surface area contributed by atoms with Crippen LogP contribution in [-0.2, 0) is 24.0 Å². The molecule has 0 saturated carbocycles. The fourth-order valence-corrected chi connectivity index (χ4v) is 3.12. The average molecular weight is 336 g/mol. The second kappa shape index (κ2) is 5.83. The summed E-state index contributed by atoms with van der Waals surface area (Å²) in [6.07, 6.45) is -2.02. The molecular weight excluding hydrogens is 318 g/mol. The molecular formula is C13H18ClNO5S. The second-order valence-corrected chi connectivity index (χ2v) is 6.92. The van der Waals surface area contributed by atoms with Crippen LogP contribution in [-0.4, -0.2) is 26.4 Å². The molecule has 2 N–H and O–H groups in total. The third-order valence-electron chi connectivity index (χ3n) is 3.09. The molecule has 6 nitrogen and oxygen atoms in total. The van der Waals surface area contributed by atoms with Gasteiger partial charge in [0.25, 0.3) is 0 Å². The summed E-state index contributed by atoms with van der Waals surface area (Å²) in [7, 11) is -4.08. The maximum Gasteiger partial charge on any atom is 0.333 e. The molecule has 0 aromatic heterocycles. The molecule has 0 radical (unpaired) electrons. The Bertz CT molecular complexity index is 619. The number of nitrogens with two attached hydrogens (primary N) is 1. The van der Waals surface area contributed by atoms with Gasteiger partial charge in [-0.1, -0.05) is 29.8 Å². The lowest BCUT2D eigenvalue weighted by molar-refractivity contribution is -0.153. The Morgan fingerprint density at radius 1 is 1.33 bits per heavy atom. The van der Waals surface area contributed by atoms with Crippen molar-refractivity contribution in [2.45, 2.75) is 44.9 Å². The first kappa shape index (κ1) is 16.7. The average Bonchev–Trinajstić information content (AvgIpc) is 2.64. The molecule has 3 atom stereocenters. The summed E-state index contributed by atoms with van der Waals surface area (Å²) in [6.45, 7) is 5.03. The predicted molar refractivity (Wildman–Crippen MR) is 77.9 cm³/mol. The molecule has 1 heterocycles. The van der Waals surface area contributed by atoms with Crippen molar-refractivity contribution in [1.82, 2.24) is 0 Å². The Kier molecular flexibility index (Phi) is 4.63. The summed E-state index contributed by atoms with van der Waals surface area (Å²) in [5.74, 6) is -0.884. The van der Waals surface area contributed by atoms with Gasteiger partial charge in [0.1, 0.15) is 18.3 Å². The minimum atomic E-state index is -4.08. The Hall–Kier alpha value is -0.700. The number of hydrogen-bond donors (Lipinski definition) is 1. The molecule has 0 amide bonds. The largest absolute Gasteiger partial charge is 0.341 e. The van der Waals surface area contributed by atoms with Gasteiger partial charge < -0.3 is 9.47 Å². The maximum atomic E-state index is 11.1. The summed E-state index contributed by atoms with van der Waals surface area (Å²) in [5.41, 5.74) is 0.708. The van der Waals surface area contributed by atoms with E-state index in [9.17, 15) is 8.42 Å². The van der Waals surface area contributed by atoms with E-state index in [0.29, 0.717) is 10.6 Å². The smallest absolute Gasteiger partial charge is 0.333 e. The standard InChI is InChI=1S/C13H18ClNO5S/c1-8(20-21(15,16)17)11-12(19-13(2,3)18-11)9-6-4-5-7-10(9)14/h4-8,11-12H,1-3H3,(H2,15,16,17)/t8?,11-,12+/m1/s1. The zero-order chi connectivity index (χ0) is 15.8. The lowest BCUT2D eigenvalue weighted by Gasteiger charge is -2.23. The Morgan fingerprint density at radius 3 is 2.52 bits per heavy atom. The van der Waals surface area contributed by atoms with Crippen LogP contribution in [0.15, 0.2) is 24.3 Å². The first-order valence-corrected chi connectivity index (χ1v) is 8.25. The fraction of sp³-hybridized carbons (Fsp3) is 0.538. The first-order valence-electron chi connectivity index (χ1n) is 6.40. The van der Waals surface area contributed by atoms with E-state index in [2.05, 4.69) is 0 Å². The molecule has 0 bridgehead atoms. The molecule has 8 heteroatoms. The zero-order valence-corrected chi connectivity index (χ0v) is 13.5. The fourth-order valence-electron chi connectivity index (χ4n) is 2.34. The summed E-state index contributed by atoms with van der Waals surface area (Å²) in [5, 5.41) is 5.42. The summed E-state index contributed by atoms with van der Waals surface area (Å²) in [6, 6.07) is 7.15. The molecule has 2 rings (SSSR count). The molecule has 118 valence electrons. The zero-order valence-electron chi connectivity index (χ0n) is 11.9. The monoisotopic (exact) mass is 335 g/mol. The third kappa shape index (κ3) is 4.15. The second-order valence-electron chi connectivity index (χ2n) is 5.34. The van der Waals surface area contributed by atoms with E-state index >= 15 is 0 Å². The van der Waals surface area contributed by atoms with Crippen LogP contribution in [0.4, 0.5) is 0 Å². The molecule has 1 aromatic rings. The molecule has 0 aliphatic carbocycles. The highest BCUT2D eigenvalue weighted by molar-refractivity contribution is 7.84. The minimum Gasteiger partial charge on any atom is -0.341 e. The Balaban J connectivity index is 2.32. The molecule has 21 heavy (non-hydrogen) atoms. The van der Waals surface area contributed by atoms with Gasteiger partial charge in [0.2, 0.25) is 0 Å². The summed E-state index contributed by atoms with van der Waals surface area (Å²) < 4.78 is 38.6. The van der Waals surface area contributed by atoms with Gasteiger partial charge in [-0.25, -0.2) is 5.14 Å². The van der Waals surface area contributed by atoms with E-state index in [0.717, 1.165) is 0 Å².